The first-order valence-electron chi connectivity index (χ1n) is 7.43. The lowest BCUT2D eigenvalue weighted by atomic mass is 10.1. The molecule has 0 saturated carbocycles. The lowest BCUT2D eigenvalue weighted by Crippen LogP contribution is -2.31. The van der Waals surface area contributed by atoms with E-state index in [1.54, 1.807) is 24.3 Å². The van der Waals surface area contributed by atoms with Crippen molar-refractivity contribution in [3.05, 3.63) is 34.9 Å². The summed E-state index contributed by atoms with van der Waals surface area (Å²) in [6.07, 6.45) is 1.02. The van der Waals surface area contributed by atoms with Gasteiger partial charge in [-0.3, -0.25) is 4.79 Å². The zero-order valence-corrected chi connectivity index (χ0v) is 13.9. The van der Waals surface area contributed by atoms with Gasteiger partial charge in [0.1, 0.15) is 0 Å². The zero-order chi connectivity index (χ0) is 17.1. The molecule has 3 rings (SSSR count). The number of methoxy groups -OCH3 is 1. The first kappa shape index (κ1) is 16.6. The van der Waals surface area contributed by atoms with Crippen LogP contribution in [0.3, 0.4) is 0 Å². The van der Waals surface area contributed by atoms with Crippen molar-refractivity contribution in [2.45, 2.75) is 26.1 Å². The lowest BCUT2D eigenvalue weighted by molar-refractivity contribution is -0.157. The number of pyridine rings is 1. The smallest absolute Gasteiger partial charge is 0.278 e. The number of fused-ring (bicyclic) bond motifs is 3. The number of carbonyl (C=O) groups is 1. The molecule has 0 bridgehead atoms. The summed E-state index contributed by atoms with van der Waals surface area (Å²) in [5, 5.41) is 12.8. The Hall–Kier alpha value is -2.29. The maximum absolute atomic E-state index is 12.5. The van der Waals surface area contributed by atoms with Crippen LogP contribution in [0.5, 0.6) is 0 Å². The van der Waals surface area contributed by atoms with Crippen LogP contribution >= 0.6 is 11.6 Å². The van der Waals surface area contributed by atoms with Crippen molar-refractivity contribution in [2.75, 3.05) is 7.11 Å². The van der Waals surface area contributed by atoms with Gasteiger partial charge in [-0.1, -0.05) is 31.0 Å². The molecular weight excluding hydrogens is 334 g/mol. The predicted octanol–water partition coefficient (Wildman–Crippen LogP) is 2.36. The van der Waals surface area contributed by atoms with Gasteiger partial charge in [0.2, 0.25) is 0 Å². The van der Waals surface area contributed by atoms with Crippen LogP contribution in [0.4, 0.5) is 0 Å². The largest absolute Gasteiger partial charge is 0.354 e. The van der Waals surface area contributed by atoms with Gasteiger partial charge in [0, 0.05) is 23.9 Å². The fraction of sp³-hybridized carbons (Fsp3) is 0.333. The third kappa shape index (κ3) is 3.16. The van der Waals surface area contributed by atoms with Gasteiger partial charge < -0.3 is 4.74 Å². The predicted molar refractivity (Wildman–Crippen MR) is 87.6 cm³/mol. The number of rotatable bonds is 6. The minimum atomic E-state index is -0.509. The Bertz CT molecular complexity index is 882. The lowest BCUT2D eigenvalue weighted by Gasteiger charge is -2.15. The summed E-state index contributed by atoms with van der Waals surface area (Å²) in [6.45, 7) is 2.00. The minimum absolute atomic E-state index is 0.293. The second-order valence-corrected chi connectivity index (χ2v) is 5.61. The number of aromatic nitrogens is 4. The average molecular weight is 350 g/mol. The molecular formula is C15H16ClN5O3. The minimum Gasteiger partial charge on any atom is -0.354 e. The highest BCUT2D eigenvalue weighted by atomic mass is 35.5. The molecule has 0 radical (unpaired) electrons. The molecule has 1 unspecified atom stereocenters. The maximum atomic E-state index is 12.5. The van der Waals surface area contributed by atoms with Crippen LogP contribution in [-0.4, -0.2) is 39.3 Å². The van der Waals surface area contributed by atoms with Crippen molar-refractivity contribution in [3.63, 3.8) is 0 Å². The van der Waals surface area contributed by atoms with E-state index in [1.807, 2.05) is 6.92 Å². The Morgan fingerprint density at radius 3 is 3.00 bits per heavy atom. The van der Waals surface area contributed by atoms with E-state index in [1.165, 1.54) is 11.6 Å². The molecule has 0 saturated heterocycles. The van der Waals surface area contributed by atoms with Gasteiger partial charge in [-0.25, -0.2) is 10.3 Å². The Morgan fingerprint density at radius 1 is 1.42 bits per heavy atom. The monoisotopic (exact) mass is 349 g/mol. The number of tetrazole rings is 1. The molecule has 1 aromatic carbocycles. The van der Waals surface area contributed by atoms with E-state index >= 15 is 0 Å². The van der Waals surface area contributed by atoms with Gasteiger partial charge in [0.25, 0.3) is 5.91 Å². The SMILES string of the molecule is CCCC(OC)ONC(=O)c1cc2ccc(Cl)cc2n2nnnc12. The summed E-state index contributed by atoms with van der Waals surface area (Å²) in [5.41, 5.74) is 3.71. The highest BCUT2D eigenvalue weighted by Gasteiger charge is 2.18. The van der Waals surface area contributed by atoms with Crippen LogP contribution in [0.15, 0.2) is 24.3 Å². The Morgan fingerprint density at radius 2 is 2.25 bits per heavy atom. The molecule has 9 heteroatoms. The number of benzene rings is 1. The molecule has 1 atom stereocenters. The summed E-state index contributed by atoms with van der Waals surface area (Å²) in [6, 6.07) is 6.96. The normalized spacial score (nSPS) is 12.6. The van der Waals surface area contributed by atoms with Gasteiger partial charge in [-0.15, -0.1) is 5.10 Å². The molecule has 1 amide bonds. The van der Waals surface area contributed by atoms with Crippen molar-refractivity contribution < 1.29 is 14.4 Å². The zero-order valence-electron chi connectivity index (χ0n) is 13.2. The molecule has 24 heavy (non-hydrogen) atoms. The summed E-state index contributed by atoms with van der Waals surface area (Å²) >= 11 is 6.02. The maximum Gasteiger partial charge on any atom is 0.278 e. The standard InChI is InChI=1S/C15H16ClN5O3/c1-3-4-13(23-2)24-18-15(22)11-7-9-5-6-10(16)8-12(9)21-14(11)17-19-20-21/h5-8,13H,3-4H2,1-2H3,(H,18,22). The number of nitrogens with one attached hydrogen (secondary N) is 1. The van der Waals surface area contributed by atoms with E-state index in [2.05, 4.69) is 21.0 Å². The highest BCUT2D eigenvalue weighted by molar-refractivity contribution is 6.31. The van der Waals surface area contributed by atoms with E-state index in [0.29, 0.717) is 28.2 Å². The number of ether oxygens (including phenoxy) is 1. The van der Waals surface area contributed by atoms with Crippen molar-refractivity contribution in [3.8, 4) is 0 Å². The first-order chi connectivity index (χ1) is 11.6. The van der Waals surface area contributed by atoms with Gasteiger partial charge in [-0.2, -0.15) is 4.52 Å². The molecule has 2 aromatic heterocycles. The molecule has 2 heterocycles. The van der Waals surface area contributed by atoms with Crippen molar-refractivity contribution in [1.29, 1.82) is 0 Å². The molecule has 0 fully saturated rings. The molecule has 0 spiro atoms. The molecule has 0 aliphatic rings. The van der Waals surface area contributed by atoms with E-state index in [0.717, 1.165) is 11.8 Å². The van der Waals surface area contributed by atoms with Gasteiger partial charge in [-0.05, 0) is 28.6 Å². The molecule has 0 aliphatic carbocycles. The van der Waals surface area contributed by atoms with Crippen LogP contribution in [0, 0.1) is 0 Å². The second kappa shape index (κ2) is 7.08. The third-order valence-electron chi connectivity index (χ3n) is 3.55. The molecule has 126 valence electrons. The molecule has 3 aromatic rings. The quantitative estimate of drug-likeness (QED) is 0.542. The van der Waals surface area contributed by atoms with Gasteiger partial charge >= 0.3 is 0 Å². The van der Waals surface area contributed by atoms with Crippen molar-refractivity contribution in [2.24, 2.45) is 0 Å². The van der Waals surface area contributed by atoms with Crippen LogP contribution in [0.25, 0.3) is 16.6 Å². The van der Waals surface area contributed by atoms with Crippen LogP contribution in [0.2, 0.25) is 5.02 Å². The fourth-order valence-corrected chi connectivity index (χ4v) is 2.53. The number of hydrogen-bond donors (Lipinski definition) is 1. The van der Waals surface area contributed by atoms with Crippen molar-refractivity contribution >= 4 is 34.1 Å². The summed E-state index contributed by atoms with van der Waals surface area (Å²) in [4.78, 5) is 17.7. The molecule has 0 aliphatic heterocycles. The number of hydroxylamine groups is 1. The Balaban J connectivity index is 1.94. The van der Waals surface area contributed by atoms with Gasteiger partial charge in [0.15, 0.2) is 11.9 Å². The van der Waals surface area contributed by atoms with Crippen LogP contribution in [-0.2, 0) is 9.57 Å². The van der Waals surface area contributed by atoms with E-state index in [-0.39, 0.29) is 0 Å². The fourth-order valence-electron chi connectivity index (χ4n) is 2.36. The second-order valence-electron chi connectivity index (χ2n) is 5.18. The van der Waals surface area contributed by atoms with Crippen molar-refractivity contribution in [1.82, 2.24) is 25.5 Å². The average Bonchev–Trinajstić information content (AvgIpc) is 3.07. The number of halogens is 1. The summed E-state index contributed by atoms with van der Waals surface area (Å²) < 4.78 is 6.60. The van der Waals surface area contributed by atoms with Gasteiger partial charge in [0.05, 0.1) is 11.1 Å². The number of carbonyl (C=O) groups excluding carboxylic acids is 1. The topological polar surface area (TPSA) is 90.6 Å². The molecule has 8 nitrogen and oxygen atoms in total. The summed E-state index contributed by atoms with van der Waals surface area (Å²) in [5.74, 6) is -0.454. The van der Waals surface area contributed by atoms with E-state index in [9.17, 15) is 4.79 Å². The third-order valence-corrected chi connectivity index (χ3v) is 3.78. The van der Waals surface area contributed by atoms with E-state index in [4.69, 9.17) is 21.2 Å². The Labute approximate surface area is 142 Å². The van der Waals surface area contributed by atoms with E-state index < -0.39 is 12.2 Å². The molecule has 1 N–H and O–H groups in total. The van der Waals surface area contributed by atoms with Crippen LogP contribution < -0.4 is 5.48 Å². The number of nitrogens with zero attached hydrogens (tertiary/aromatic N) is 4. The first-order valence-corrected chi connectivity index (χ1v) is 7.81. The number of hydrogen-bond acceptors (Lipinski definition) is 6. The highest BCUT2D eigenvalue weighted by Crippen LogP contribution is 2.22. The Kier molecular flexibility index (Phi) is 4.89. The van der Waals surface area contributed by atoms with Crippen LogP contribution in [0.1, 0.15) is 30.1 Å². The number of amides is 1. The summed E-state index contributed by atoms with van der Waals surface area (Å²) in [7, 11) is 1.52.